The first-order chi connectivity index (χ1) is 11.4. The molecule has 0 bridgehead atoms. The van der Waals surface area contributed by atoms with Gasteiger partial charge in [0.05, 0.1) is 0 Å². The second-order valence-corrected chi connectivity index (χ2v) is 9.23. The van der Waals surface area contributed by atoms with Crippen molar-refractivity contribution in [1.29, 1.82) is 0 Å². The summed E-state index contributed by atoms with van der Waals surface area (Å²) in [5.74, 6) is 3.93. The maximum Gasteiger partial charge on any atom is 0 e. The number of hydrogen-bond acceptors (Lipinski definition) is 0. The Morgan fingerprint density at radius 1 is 0.556 bits per heavy atom. The van der Waals surface area contributed by atoms with E-state index in [1.807, 2.05) is 0 Å². The Balaban J connectivity index is -0.000000144. The zero-order chi connectivity index (χ0) is 17.9. The number of rotatable bonds is 0. The van der Waals surface area contributed by atoms with Gasteiger partial charge in [0.25, 0.3) is 0 Å². The highest BCUT2D eigenvalue weighted by atomic mass is 14.2. The van der Waals surface area contributed by atoms with Gasteiger partial charge in [-0.15, -0.1) is 0 Å². The fourth-order valence-corrected chi connectivity index (χ4v) is 3.62. The van der Waals surface area contributed by atoms with Gasteiger partial charge < -0.3 is 0 Å². The maximum absolute atomic E-state index is 2.37. The van der Waals surface area contributed by atoms with Crippen molar-refractivity contribution < 1.29 is 1.43 Å². The molecule has 0 nitrogen and oxygen atoms in total. The van der Waals surface area contributed by atoms with Crippen LogP contribution in [0.3, 0.4) is 0 Å². The Hall–Kier alpha value is -0.520. The van der Waals surface area contributed by atoms with Gasteiger partial charge in [0.15, 0.2) is 0 Å². The summed E-state index contributed by atoms with van der Waals surface area (Å²) in [6.45, 7) is 13.8. The summed E-state index contributed by atoms with van der Waals surface area (Å²) in [7, 11) is 0. The third-order valence-corrected chi connectivity index (χ3v) is 6.10. The van der Waals surface area contributed by atoms with Crippen LogP contribution in [-0.2, 0) is 0 Å². The minimum absolute atomic E-state index is 0. The molecule has 0 N–H and O–H groups in total. The Morgan fingerprint density at radius 2 is 0.852 bits per heavy atom. The lowest BCUT2D eigenvalue weighted by Crippen LogP contribution is -2.08. The second kappa shape index (κ2) is 17.6. The van der Waals surface area contributed by atoms with Crippen molar-refractivity contribution in [2.24, 2.45) is 23.7 Å². The van der Waals surface area contributed by atoms with E-state index in [2.05, 4.69) is 53.7 Å². The summed E-state index contributed by atoms with van der Waals surface area (Å²) < 4.78 is 0. The molecule has 2 atom stereocenters. The Labute approximate surface area is 176 Å². The normalized spacial score (nSPS) is 29.4. The highest BCUT2D eigenvalue weighted by Gasteiger charge is 2.13. The van der Waals surface area contributed by atoms with Gasteiger partial charge in [0, 0.05) is 1.43 Å². The van der Waals surface area contributed by atoms with E-state index in [1.165, 1.54) is 64.2 Å². The monoisotopic (exact) mass is 382 g/mol. The van der Waals surface area contributed by atoms with Crippen LogP contribution >= 0.6 is 0 Å². The first-order valence-electron chi connectivity index (χ1n) is 10.7. The van der Waals surface area contributed by atoms with Crippen LogP contribution < -0.4 is 0 Å². The third kappa shape index (κ3) is 16.2. The van der Waals surface area contributed by atoms with E-state index in [0.29, 0.717) is 0 Å². The van der Waals surface area contributed by atoms with E-state index in [-0.39, 0.29) is 23.7 Å². The topological polar surface area (TPSA) is 0 Å². The van der Waals surface area contributed by atoms with E-state index in [1.54, 1.807) is 11.1 Å². The van der Waals surface area contributed by atoms with Gasteiger partial charge in [-0.05, 0) is 76.0 Å². The molecule has 3 aliphatic carbocycles. The van der Waals surface area contributed by atoms with Crippen LogP contribution in [0, 0.1) is 23.7 Å². The van der Waals surface area contributed by atoms with Gasteiger partial charge in [-0.2, -0.15) is 0 Å². The fraction of sp³-hybridized carbons (Fsp3) is 0.852. The predicted octanol–water partition coefficient (Wildman–Crippen LogP) is 10.5. The molecular weight excluding hydrogens is 324 g/mol. The van der Waals surface area contributed by atoms with Gasteiger partial charge in [0.1, 0.15) is 0 Å². The predicted molar refractivity (Wildman–Crippen MR) is 133 cm³/mol. The number of hydrogen-bond donors (Lipinski definition) is 0. The first kappa shape index (κ1) is 31.2. The van der Waals surface area contributed by atoms with Gasteiger partial charge >= 0.3 is 0 Å². The molecule has 27 heavy (non-hydrogen) atoms. The molecule has 0 aromatic carbocycles. The Bertz CT molecular complexity index is 347. The van der Waals surface area contributed by atoms with E-state index in [4.69, 9.17) is 0 Å². The minimum atomic E-state index is 0. The molecule has 0 radical (unpaired) electrons. The fourth-order valence-electron chi connectivity index (χ4n) is 3.62. The first-order valence-corrected chi connectivity index (χ1v) is 10.7. The third-order valence-electron chi connectivity index (χ3n) is 6.10. The van der Waals surface area contributed by atoms with Gasteiger partial charge in [-0.1, -0.05) is 99.0 Å². The highest BCUT2D eigenvalue weighted by Crippen LogP contribution is 2.27. The van der Waals surface area contributed by atoms with Gasteiger partial charge in [-0.25, -0.2) is 0 Å². The van der Waals surface area contributed by atoms with Crippen molar-refractivity contribution >= 4 is 0 Å². The molecule has 0 heterocycles. The highest BCUT2D eigenvalue weighted by molar-refractivity contribution is 5.02. The van der Waals surface area contributed by atoms with E-state index in [9.17, 15) is 0 Å². The van der Waals surface area contributed by atoms with E-state index >= 15 is 0 Å². The van der Waals surface area contributed by atoms with Crippen molar-refractivity contribution in [3.05, 3.63) is 23.3 Å². The molecule has 3 aliphatic rings. The van der Waals surface area contributed by atoms with Crippen LogP contribution in [0.5, 0.6) is 0 Å². The molecular formula is C27H58. The summed E-state index contributed by atoms with van der Waals surface area (Å²) in [6.07, 6.45) is 18.7. The van der Waals surface area contributed by atoms with Gasteiger partial charge in [0.2, 0.25) is 0 Å². The van der Waals surface area contributed by atoms with Crippen LogP contribution in [0.15, 0.2) is 23.3 Å². The van der Waals surface area contributed by atoms with Crippen molar-refractivity contribution in [3.63, 3.8) is 0 Å². The Morgan fingerprint density at radius 3 is 1.04 bits per heavy atom. The zero-order valence-electron chi connectivity index (χ0n) is 17.5. The average Bonchev–Trinajstić information content (AvgIpc) is 2.57. The second-order valence-electron chi connectivity index (χ2n) is 9.23. The molecule has 166 valence electrons. The largest absolute Gasteiger partial charge is 0.0853 e. The molecule has 0 aromatic rings. The summed E-state index contributed by atoms with van der Waals surface area (Å²) >= 11 is 0. The smallest absolute Gasteiger partial charge is 0 e. The average molecular weight is 383 g/mol. The molecule has 2 unspecified atom stereocenters. The van der Waals surface area contributed by atoms with Crippen molar-refractivity contribution in [2.45, 2.75) is 128 Å². The standard InChI is InChI=1S/C8H16.2C8H14.3CH4.H2/c3*1-7-3-5-8(2)6-4-7;;;;/h7-8H,3-6H2,1-2H3;2*3,8H,4-6H2,1-2H3;3*1H4;1H. The van der Waals surface area contributed by atoms with Crippen molar-refractivity contribution in [1.82, 2.24) is 0 Å². The van der Waals surface area contributed by atoms with Crippen LogP contribution in [0.2, 0.25) is 0 Å². The van der Waals surface area contributed by atoms with Crippen LogP contribution in [0.4, 0.5) is 0 Å². The molecule has 0 saturated heterocycles. The molecule has 0 spiro atoms. The van der Waals surface area contributed by atoms with Crippen LogP contribution in [0.25, 0.3) is 0 Å². The van der Waals surface area contributed by atoms with E-state index in [0.717, 1.165) is 23.7 Å². The molecule has 3 rings (SSSR count). The molecule has 0 aliphatic heterocycles. The lowest BCUT2D eigenvalue weighted by molar-refractivity contribution is 0.308. The molecule has 0 heteroatoms. The van der Waals surface area contributed by atoms with Crippen LogP contribution in [-0.4, -0.2) is 0 Å². The summed E-state index contributed by atoms with van der Waals surface area (Å²) in [5.41, 5.74) is 3.17. The molecule has 0 amide bonds. The molecule has 1 fully saturated rings. The van der Waals surface area contributed by atoms with Gasteiger partial charge in [-0.3, -0.25) is 0 Å². The lowest BCUT2D eigenvalue weighted by atomic mass is 9.84. The van der Waals surface area contributed by atoms with Crippen LogP contribution in [0.1, 0.15) is 129 Å². The minimum Gasteiger partial charge on any atom is -0.0853 e. The summed E-state index contributed by atoms with van der Waals surface area (Å²) in [5, 5.41) is 0. The zero-order valence-corrected chi connectivity index (χ0v) is 17.5. The molecule has 1 saturated carbocycles. The maximum atomic E-state index is 2.37. The van der Waals surface area contributed by atoms with Crippen molar-refractivity contribution in [2.75, 3.05) is 0 Å². The Kier molecular flexibility index (Phi) is 20.3. The number of allylic oxidation sites excluding steroid dienone is 4. The van der Waals surface area contributed by atoms with Crippen molar-refractivity contribution in [3.8, 4) is 0 Å². The molecule has 0 aromatic heterocycles. The lowest BCUT2D eigenvalue weighted by Gasteiger charge is -2.22. The quantitative estimate of drug-likeness (QED) is 0.365. The summed E-state index contributed by atoms with van der Waals surface area (Å²) in [4.78, 5) is 0. The summed E-state index contributed by atoms with van der Waals surface area (Å²) in [6, 6.07) is 0. The van der Waals surface area contributed by atoms with E-state index < -0.39 is 0 Å². The SMILES string of the molecule is C.C.C.CC1=CCC(C)CC1.CC1=CCC(C)CC1.CC1CCC(C)CC1.[HH].